The van der Waals surface area contributed by atoms with E-state index in [0.717, 1.165) is 40.2 Å². The van der Waals surface area contributed by atoms with Crippen LogP contribution in [-0.4, -0.2) is 40.7 Å². The molecule has 0 aliphatic carbocycles. The second kappa shape index (κ2) is 7.33. The van der Waals surface area contributed by atoms with Crippen molar-refractivity contribution in [2.75, 3.05) is 13.1 Å². The van der Waals surface area contributed by atoms with Crippen LogP contribution in [-0.2, 0) is 16.9 Å². The van der Waals surface area contributed by atoms with Gasteiger partial charge in [0.2, 0.25) is 0 Å². The number of nitrogens with one attached hydrogen (secondary N) is 1. The molecule has 0 radical (unpaired) electrons. The molecule has 4 amide bonds. The predicted octanol–water partition coefficient (Wildman–Crippen LogP) is 3.71. The van der Waals surface area contributed by atoms with Gasteiger partial charge < -0.3 is 10.2 Å². The number of halogens is 1. The molecule has 2 aliphatic heterocycles. The van der Waals surface area contributed by atoms with Crippen LogP contribution in [0.5, 0.6) is 0 Å². The number of carbonyl (C=O) groups excluding carboxylic acids is 3. The van der Waals surface area contributed by atoms with E-state index in [1.807, 2.05) is 17.0 Å². The van der Waals surface area contributed by atoms with Crippen molar-refractivity contribution in [3.8, 4) is 0 Å². The lowest BCUT2D eigenvalue weighted by Crippen LogP contribution is -2.40. The molecule has 146 valence electrons. The molecule has 1 aromatic carbocycles. The standard InChI is InChI=1S/C20H20BrN3O3S/c1-20(15-8-9-16(21)28-15)18(26)24(19(27)22-20)12-13-4-6-14(7-5-13)17(25)23-10-2-3-11-23/h4-9H,2-3,10-12H2,1H3,(H,22,27). The van der Waals surface area contributed by atoms with Crippen LogP contribution >= 0.6 is 27.3 Å². The van der Waals surface area contributed by atoms with Crippen molar-refractivity contribution in [3.05, 3.63) is 56.2 Å². The van der Waals surface area contributed by atoms with Gasteiger partial charge in [0.15, 0.2) is 5.54 Å². The van der Waals surface area contributed by atoms with E-state index in [9.17, 15) is 14.4 Å². The van der Waals surface area contributed by atoms with Crippen molar-refractivity contribution in [3.63, 3.8) is 0 Å². The summed E-state index contributed by atoms with van der Waals surface area (Å²) in [7, 11) is 0. The van der Waals surface area contributed by atoms with Gasteiger partial charge in [-0.25, -0.2) is 4.79 Å². The molecule has 0 saturated carbocycles. The number of nitrogens with zero attached hydrogens (tertiary/aromatic N) is 2. The number of benzene rings is 1. The smallest absolute Gasteiger partial charge is 0.325 e. The van der Waals surface area contributed by atoms with Crippen LogP contribution in [0.2, 0.25) is 0 Å². The van der Waals surface area contributed by atoms with E-state index in [0.29, 0.717) is 5.56 Å². The minimum atomic E-state index is -1.06. The van der Waals surface area contributed by atoms with E-state index in [1.165, 1.54) is 16.2 Å². The lowest BCUT2D eigenvalue weighted by molar-refractivity contribution is -0.131. The van der Waals surface area contributed by atoms with Gasteiger partial charge in [-0.3, -0.25) is 14.5 Å². The average molecular weight is 462 g/mol. The monoisotopic (exact) mass is 461 g/mol. The molecule has 1 aromatic heterocycles. The first-order chi connectivity index (χ1) is 13.4. The average Bonchev–Trinajstić information content (AvgIpc) is 3.40. The number of hydrogen-bond acceptors (Lipinski definition) is 4. The number of amides is 4. The number of carbonyl (C=O) groups is 3. The molecule has 2 aliphatic rings. The van der Waals surface area contributed by atoms with Gasteiger partial charge >= 0.3 is 6.03 Å². The summed E-state index contributed by atoms with van der Waals surface area (Å²) in [4.78, 5) is 41.7. The summed E-state index contributed by atoms with van der Waals surface area (Å²) in [6, 6.07) is 10.4. The molecule has 1 N–H and O–H groups in total. The zero-order valence-electron chi connectivity index (χ0n) is 15.4. The largest absolute Gasteiger partial charge is 0.339 e. The summed E-state index contributed by atoms with van der Waals surface area (Å²) >= 11 is 4.83. The van der Waals surface area contributed by atoms with Gasteiger partial charge in [-0.2, -0.15) is 0 Å². The van der Waals surface area contributed by atoms with Gasteiger partial charge in [-0.1, -0.05) is 12.1 Å². The van der Waals surface area contributed by atoms with Crippen molar-refractivity contribution in [1.29, 1.82) is 0 Å². The summed E-state index contributed by atoms with van der Waals surface area (Å²) < 4.78 is 0.905. The third-order valence-corrected chi connectivity index (χ3v) is 7.12. The topological polar surface area (TPSA) is 69.7 Å². The Morgan fingerprint density at radius 3 is 2.43 bits per heavy atom. The van der Waals surface area contributed by atoms with Crippen LogP contribution in [0.15, 0.2) is 40.2 Å². The fraction of sp³-hybridized carbons (Fsp3) is 0.350. The van der Waals surface area contributed by atoms with E-state index < -0.39 is 11.6 Å². The van der Waals surface area contributed by atoms with E-state index in [1.54, 1.807) is 31.2 Å². The second-order valence-electron chi connectivity index (χ2n) is 7.25. The lowest BCUT2D eigenvalue weighted by Gasteiger charge is -2.20. The van der Waals surface area contributed by atoms with Crippen molar-refractivity contribution in [2.24, 2.45) is 0 Å². The molecule has 2 saturated heterocycles. The van der Waals surface area contributed by atoms with Crippen LogP contribution in [0.25, 0.3) is 0 Å². The highest BCUT2D eigenvalue weighted by molar-refractivity contribution is 9.11. The quantitative estimate of drug-likeness (QED) is 0.705. The molecular weight excluding hydrogens is 442 g/mol. The maximum absolute atomic E-state index is 13.0. The Bertz CT molecular complexity index is 936. The molecule has 6 nitrogen and oxygen atoms in total. The first-order valence-corrected chi connectivity index (χ1v) is 10.8. The Kier molecular flexibility index (Phi) is 5.01. The number of thiophene rings is 1. The fourth-order valence-electron chi connectivity index (χ4n) is 3.63. The van der Waals surface area contributed by atoms with E-state index in [2.05, 4.69) is 21.2 Å². The first kappa shape index (κ1) is 19.1. The van der Waals surface area contributed by atoms with Gasteiger partial charge in [0.1, 0.15) is 0 Å². The number of hydrogen-bond donors (Lipinski definition) is 1. The Balaban J connectivity index is 1.49. The molecule has 2 aromatic rings. The van der Waals surface area contributed by atoms with Crippen LogP contribution < -0.4 is 5.32 Å². The predicted molar refractivity (Wildman–Crippen MR) is 110 cm³/mol. The highest BCUT2D eigenvalue weighted by atomic mass is 79.9. The zero-order valence-corrected chi connectivity index (χ0v) is 17.8. The summed E-state index contributed by atoms with van der Waals surface area (Å²) in [5.74, 6) is -0.237. The Morgan fingerprint density at radius 1 is 1.14 bits per heavy atom. The van der Waals surface area contributed by atoms with Crippen molar-refractivity contribution >= 4 is 45.1 Å². The summed E-state index contributed by atoms with van der Waals surface area (Å²) in [6.45, 7) is 3.51. The number of urea groups is 1. The van der Waals surface area contributed by atoms with E-state index in [4.69, 9.17) is 0 Å². The number of likely N-dealkylation sites (tertiary alicyclic amines) is 1. The summed E-state index contributed by atoms with van der Waals surface area (Å²) in [5.41, 5.74) is 0.383. The summed E-state index contributed by atoms with van der Waals surface area (Å²) in [6.07, 6.45) is 2.10. The van der Waals surface area contributed by atoms with E-state index in [-0.39, 0.29) is 18.4 Å². The minimum Gasteiger partial charge on any atom is -0.339 e. The normalized spacial score (nSPS) is 22.1. The molecule has 0 spiro atoms. The Labute approximate surface area is 175 Å². The highest BCUT2D eigenvalue weighted by Gasteiger charge is 2.49. The van der Waals surface area contributed by atoms with Crippen LogP contribution in [0.1, 0.15) is 40.6 Å². The van der Waals surface area contributed by atoms with Crippen LogP contribution in [0.3, 0.4) is 0 Å². The maximum Gasteiger partial charge on any atom is 0.325 e. The van der Waals surface area contributed by atoms with Crippen molar-refractivity contribution in [1.82, 2.24) is 15.1 Å². The number of imide groups is 1. The van der Waals surface area contributed by atoms with Crippen LogP contribution in [0.4, 0.5) is 4.79 Å². The van der Waals surface area contributed by atoms with Crippen molar-refractivity contribution < 1.29 is 14.4 Å². The molecule has 3 heterocycles. The molecule has 8 heteroatoms. The highest BCUT2D eigenvalue weighted by Crippen LogP contribution is 2.36. The van der Waals surface area contributed by atoms with E-state index >= 15 is 0 Å². The van der Waals surface area contributed by atoms with Gasteiger partial charge in [0, 0.05) is 23.5 Å². The third kappa shape index (κ3) is 3.35. The fourth-order valence-corrected chi connectivity index (χ4v) is 5.11. The zero-order chi connectivity index (χ0) is 19.9. The molecule has 4 rings (SSSR count). The summed E-state index contributed by atoms with van der Waals surface area (Å²) in [5, 5.41) is 2.81. The van der Waals surface area contributed by atoms with Gasteiger partial charge in [-0.15, -0.1) is 11.3 Å². The Morgan fingerprint density at radius 2 is 1.82 bits per heavy atom. The van der Waals surface area contributed by atoms with Gasteiger partial charge in [0.05, 0.1) is 10.3 Å². The van der Waals surface area contributed by atoms with Gasteiger partial charge in [0.25, 0.3) is 11.8 Å². The number of rotatable bonds is 4. The third-order valence-electron chi connectivity index (χ3n) is 5.28. The lowest BCUT2D eigenvalue weighted by atomic mass is 10.0. The SMILES string of the molecule is CC1(c2ccc(Br)s2)NC(=O)N(Cc2ccc(C(=O)N3CCCC3)cc2)C1=O. The molecule has 0 bridgehead atoms. The van der Waals surface area contributed by atoms with Crippen molar-refractivity contribution in [2.45, 2.75) is 31.8 Å². The second-order valence-corrected chi connectivity index (χ2v) is 9.71. The van der Waals surface area contributed by atoms with Gasteiger partial charge in [-0.05, 0) is 65.5 Å². The Hall–Kier alpha value is -2.19. The molecular formula is C20H20BrN3O3S. The van der Waals surface area contributed by atoms with Crippen LogP contribution in [0, 0.1) is 0 Å². The molecule has 1 unspecified atom stereocenters. The maximum atomic E-state index is 13.0. The first-order valence-electron chi connectivity index (χ1n) is 9.16. The molecule has 28 heavy (non-hydrogen) atoms. The minimum absolute atomic E-state index is 0.0369. The molecule has 2 fully saturated rings. The molecule has 1 atom stereocenters.